The molecule has 3 heteroatoms. The first-order valence-corrected chi connectivity index (χ1v) is 4.14. The van der Waals surface area contributed by atoms with Gasteiger partial charge in [0.1, 0.15) is 12.1 Å². The molecule has 0 amide bonds. The van der Waals surface area contributed by atoms with Crippen molar-refractivity contribution in [2.75, 3.05) is 5.73 Å². The van der Waals surface area contributed by atoms with Gasteiger partial charge in [0.25, 0.3) is 0 Å². The van der Waals surface area contributed by atoms with Crippen molar-refractivity contribution in [3.63, 3.8) is 0 Å². The zero-order valence-corrected chi connectivity index (χ0v) is 7.83. The number of rotatable bonds is 2. The molecule has 1 rings (SSSR count). The van der Waals surface area contributed by atoms with E-state index < -0.39 is 0 Å². The lowest BCUT2D eigenvalue weighted by atomic mass is 9.86. The topological polar surface area (TPSA) is 51.8 Å². The number of hydrogen-bond acceptors (Lipinski definition) is 3. The summed E-state index contributed by atoms with van der Waals surface area (Å²) in [6, 6.07) is 1.84. The van der Waals surface area contributed by atoms with Crippen LogP contribution in [-0.4, -0.2) is 9.97 Å². The molecule has 2 N–H and O–H groups in total. The van der Waals surface area contributed by atoms with Crippen molar-refractivity contribution < 1.29 is 0 Å². The Morgan fingerprint density at radius 1 is 1.42 bits per heavy atom. The van der Waals surface area contributed by atoms with Gasteiger partial charge in [-0.15, -0.1) is 0 Å². The van der Waals surface area contributed by atoms with E-state index in [9.17, 15) is 0 Å². The lowest BCUT2D eigenvalue weighted by Crippen LogP contribution is -2.17. The largest absolute Gasteiger partial charge is 0.384 e. The molecule has 1 heterocycles. The zero-order valence-electron chi connectivity index (χ0n) is 7.83. The molecule has 12 heavy (non-hydrogen) atoms. The SMILES string of the molecule is CCC(C)(C)c1cc(N)ncn1. The third-order valence-corrected chi connectivity index (χ3v) is 2.27. The minimum Gasteiger partial charge on any atom is -0.384 e. The molecule has 0 fully saturated rings. The van der Waals surface area contributed by atoms with E-state index in [1.807, 2.05) is 6.07 Å². The van der Waals surface area contributed by atoms with Crippen molar-refractivity contribution in [2.45, 2.75) is 32.6 Å². The third-order valence-electron chi connectivity index (χ3n) is 2.27. The number of nitrogens with two attached hydrogens (primary N) is 1. The predicted octanol–water partition coefficient (Wildman–Crippen LogP) is 1.75. The molecule has 3 nitrogen and oxygen atoms in total. The molecular formula is C9H15N3. The van der Waals surface area contributed by atoms with Crippen molar-refractivity contribution in [1.29, 1.82) is 0 Å². The smallest absolute Gasteiger partial charge is 0.127 e. The van der Waals surface area contributed by atoms with Crippen LogP contribution in [0.4, 0.5) is 5.82 Å². The van der Waals surface area contributed by atoms with E-state index in [-0.39, 0.29) is 5.41 Å². The summed E-state index contributed by atoms with van der Waals surface area (Å²) in [7, 11) is 0. The molecule has 0 spiro atoms. The van der Waals surface area contributed by atoms with Crippen LogP contribution in [0, 0.1) is 0 Å². The van der Waals surface area contributed by atoms with Gasteiger partial charge in [-0.2, -0.15) is 0 Å². The van der Waals surface area contributed by atoms with Crippen molar-refractivity contribution >= 4 is 5.82 Å². The average molecular weight is 165 g/mol. The maximum Gasteiger partial charge on any atom is 0.127 e. The minimum atomic E-state index is 0.0943. The van der Waals surface area contributed by atoms with E-state index in [1.54, 1.807) is 0 Å². The quantitative estimate of drug-likeness (QED) is 0.726. The van der Waals surface area contributed by atoms with E-state index in [1.165, 1.54) is 6.33 Å². The summed E-state index contributed by atoms with van der Waals surface area (Å²) in [5.41, 5.74) is 6.66. The fourth-order valence-electron chi connectivity index (χ4n) is 0.924. The van der Waals surface area contributed by atoms with Crippen molar-refractivity contribution in [3.05, 3.63) is 18.1 Å². The van der Waals surface area contributed by atoms with E-state index >= 15 is 0 Å². The van der Waals surface area contributed by atoms with Gasteiger partial charge in [0.2, 0.25) is 0 Å². The molecule has 0 aromatic carbocycles. The second kappa shape index (κ2) is 3.09. The first-order valence-electron chi connectivity index (χ1n) is 4.14. The summed E-state index contributed by atoms with van der Waals surface area (Å²) >= 11 is 0. The van der Waals surface area contributed by atoms with Crippen LogP contribution in [0.5, 0.6) is 0 Å². The molecule has 0 aliphatic carbocycles. The summed E-state index contributed by atoms with van der Waals surface area (Å²) in [6.07, 6.45) is 2.56. The summed E-state index contributed by atoms with van der Waals surface area (Å²) in [4.78, 5) is 8.05. The Kier molecular flexibility index (Phi) is 2.31. The third kappa shape index (κ3) is 1.72. The highest BCUT2D eigenvalue weighted by atomic mass is 14.9. The van der Waals surface area contributed by atoms with Crippen LogP contribution in [0.2, 0.25) is 0 Å². The molecule has 0 saturated heterocycles. The van der Waals surface area contributed by atoms with Crippen LogP contribution < -0.4 is 5.73 Å². The molecule has 0 unspecified atom stereocenters. The Bertz CT molecular complexity index is 268. The molecule has 0 atom stereocenters. The van der Waals surface area contributed by atoms with Gasteiger partial charge in [-0.3, -0.25) is 0 Å². The first-order chi connectivity index (χ1) is 5.56. The van der Waals surface area contributed by atoms with Crippen LogP contribution in [-0.2, 0) is 5.41 Å². The predicted molar refractivity (Wildman–Crippen MR) is 49.8 cm³/mol. The van der Waals surface area contributed by atoms with E-state index in [2.05, 4.69) is 30.7 Å². The number of nitrogen functional groups attached to an aromatic ring is 1. The summed E-state index contributed by atoms with van der Waals surface area (Å²) < 4.78 is 0. The molecule has 66 valence electrons. The van der Waals surface area contributed by atoms with Crippen molar-refractivity contribution in [1.82, 2.24) is 9.97 Å². The van der Waals surface area contributed by atoms with Crippen LogP contribution in [0.1, 0.15) is 32.9 Å². The monoisotopic (exact) mass is 165 g/mol. The summed E-state index contributed by atoms with van der Waals surface area (Å²) in [5.74, 6) is 0.543. The number of nitrogens with zero attached hydrogens (tertiary/aromatic N) is 2. The Hall–Kier alpha value is -1.12. The van der Waals surface area contributed by atoms with Crippen LogP contribution in [0.25, 0.3) is 0 Å². The molecule has 0 saturated carbocycles. The lowest BCUT2D eigenvalue weighted by molar-refractivity contribution is 0.489. The lowest BCUT2D eigenvalue weighted by Gasteiger charge is -2.21. The van der Waals surface area contributed by atoms with Gasteiger partial charge in [0, 0.05) is 11.5 Å². The van der Waals surface area contributed by atoms with E-state index in [0.717, 1.165) is 12.1 Å². The second-order valence-electron chi connectivity index (χ2n) is 3.57. The fraction of sp³-hybridized carbons (Fsp3) is 0.556. The number of anilines is 1. The molecular weight excluding hydrogens is 150 g/mol. The van der Waals surface area contributed by atoms with Gasteiger partial charge >= 0.3 is 0 Å². The van der Waals surface area contributed by atoms with Crippen LogP contribution in [0.15, 0.2) is 12.4 Å². The molecule has 0 bridgehead atoms. The van der Waals surface area contributed by atoms with Gasteiger partial charge in [0.15, 0.2) is 0 Å². The molecule has 0 radical (unpaired) electrons. The Labute approximate surface area is 73.0 Å². The summed E-state index contributed by atoms with van der Waals surface area (Å²) in [5, 5.41) is 0. The van der Waals surface area contributed by atoms with E-state index in [0.29, 0.717) is 5.82 Å². The average Bonchev–Trinajstić information content (AvgIpc) is 2.05. The van der Waals surface area contributed by atoms with Crippen molar-refractivity contribution in [3.8, 4) is 0 Å². The van der Waals surface area contributed by atoms with Crippen molar-refractivity contribution in [2.24, 2.45) is 0 Å². The standard InChI is InChI=1S/C9H15N3/c1-4-9(2,3)7-5-8(10)12-6-11-7/h5-6H,4H2,1-3H3,(H2,10,11,12). The number of aromatic nitrogens is 2. The highest BCUT2D eigenvalue weighted by Crippen LogP contribution is 2.24. The van der Waals surface area contributed by atoms with Gasteiger partial charge < -0.3 is 5.73 Å². The normalized spacial score (nSPS) is 11.6. The highest BCUT2D eigenvalue weighted by Gasteiger charge is 2.19. The second-order valence-corrected chi connectivity index (χ2v) is 3.57. The Morgan fingerprint density at radius 2 is 2.08 bits per heavy atom. The fourth-order valence-corrected chi connectivity index (χ4v) is 0.924. The summed E-state index contributed by atoms with van der Waals surface area (Å²) in [6.45, 7) is 6.43. The Balaban J connectivity index is 3.03. The van der Waals surface area contributed by atoms with Crippen LogP contribution >= 0.6 is 0 Å². The molecule has 1 aromatic heterocycles. The Morgan fingerprint density at radius 3 is 2.58 bits per heavy atom. The minimum absolute atomic E-state index is 0.0943. The molecule has 1 aromatic rings. The van der Waals surface area contributed by atoms with E-state index in [4.69, 9.17) is 5.73 Å². The number of hydrogen-bond donors (Lipinski definition) is 1. The van der Waals surface area contributed by atoms with Gasteiger partial charge in [-0.05, 0) is 6.42 Å². The van der Waals surface area contributed by atoms with Gasteiger partial charge in [0.05, 0.1) is 5.69 Å². The first kappa shape index (κ1) is 8.97. The zero-order chi connectivity index (χ0) is 9.19. The maximum atomic E-state index is 5.56. The maximum absolute atomic E-state index is 5.56. The molecule has 0 aliphatic heterocycles. The van der Waals surface area contributed by atoms with Gasteiger partial charge in [-0.25, -0.2) is 9.97 Å². The molecule has 0 aliphatic rings. The van der Waals surface area contributed by atoms with Gasteiger partial charge in [-0.1, -0.05) is 20.8 Å². The highest BCUT2D eigenvalue weighted by molar-refractivity contribution is 5.30. The van der Waals surface area contributed by atoms with Crippen LogP contribution in [0.3, 0.4) is 0 Å².